The fourth-order valence-electron chi connectivity index (χ4n) is 1.88. The molecule has 5 heteroatoms. The Morgan fingerprint density at radius 1 is 1.44 bits per heavy atom. The van der Waals surface area contributed by atoms with Crippen molar-refractivity contribution in [1.29, 1.82) is 0 Å². The van der Waals surface area contributed by atoms with E-state index in [0.717, 1.165) is 10.7 Å². The van der Waals surface area contributed by atoms with Crippen LogP contribution in [-0.4, -0.2) is 19.1 Å². The molecule has 0 saturated carbocycles. The molecule has 1 aromatic heterocycles. The van der Waals surface area contributed by atoms with Gasteiger partial charge in [0.1, 0.15) is 0 Å². The van der Waals surface area contributed by atoms with Gasteiger partial charge in [-0.15, -0.1) is 11.3 Å². The Kier molecular flexibility index (Phi) is 3.93. The van der Waals surface area contributed by atoms with Crippen molar-refractivity contribution < 1.29 is 9.13 Å². The van der Waals surface area contributed by atoms with Gasteiger partial charge in [-0.1, -0.05) is 12.1 Å². The van der Waals surface area contributed by atoms with Gasteiger partial charge in [-0.25, -0.2) is 9.37 Å². The zero-order chi connectivity index (χ0) is 13.1. The minimum atomic E-state index is -0.343. The number of thiazole rings is 1. The van der Waals surface area contributed by atoms with Crippen molar-refractivity contribution in [1.82, 2.24) is 10.3 Å². The molecule has 18 heavy (non-hydrogen) atoms. The summed E-state index contributed by atoms with van der Waals surface area (Å²) in [7, 11) is 3.25. The fourth-order valence-corrected chi connectivity index (χ4v) is 2.52. The Labute approximate surface area is 110 Å². The van der Waals surface area contributed by atoms with Gasteiger partial charge in [0, 0.05) is 10.9 Å². The van der Waals surface area contributed by atoms with Crippen LogP contribution in [0.25, 0.3) is 0 Å². The number of halogens is 1. The Balaban J connectivity index is 2.45. The summed E-state index contributed by atoms with van der Waals surface area (Å²) >= 11 is 1.55. The summed E-state index contributed by atoms with van der Waals surface area (Å²) in [6.45, 7) is 1.93. The number of rotatable bonds is 4. The molecular formula is C13H15FN2OS. The lowest BCUT2D eigenvalue weighted by Crippen LogP contribution is -2.19. The van der Waals surface area contributed by atoms with E-state index >= 15 is 0 Å². The molecule has 0 radical (unpaired) electrons. The molecule has 1 unspecified atom stereocenters. The second kappa shape index (κ2) is 5.46. The highest BCUT2D eigenvalue weighted by molar-refractivity contribution is 7.09. The Hall–Kier alpha value is -1.46. The highest BCUT2D eigenvalue weighted by Gasteiger charge is 2.20. The highest BCUT2D eigenvalue weighted by Crippen LogP contribution is 2.29. The molecule has 0 aliphatic rings. The number of nitrogens with one attached hydrogen (secondary N) is 1. The summed E-state index contributed by atoms with van der Waals surface area (Å²) in [5.41, 5.74) is 1.37. The van der Waals surface area contributed by atoms with Gasteiger partial charge in [-0.05, 0) is 20.0 Å². The summed E-state index contributed by atoms with van der Waals surface area (Å²) < 4.78 is 19.2. The monoisotopic (exact) mass is 266 g/mol. The van der Waals surface area contributed by atoms with Crippen molar-refractivity contribution in [2.24, 2.45) is 0 Å². The van der Waals surface area contributed by atoms with Crippen LogP contribution < -0.4 is 10.1 Å². The molecule has 0 saturated heterocycles. The first-order chi connectivity index (χ1) is 8.67. The summed E-state index contributed by atoms with van der Waals surface area (Å²) in [5, 5.41) is 5.99. The largest absolute Gasteiger partial charge is 0.494 e. The summed E-state index contributed by atoms with van der Waals surface area (Å²) in [4.78, 5) is 4.40. The van der Waals surface area contributed by atoms with E-state index in [1.165, 1.54) is 7.11 Å². The third-order valence-electron chi connectivity index (χ3n) is 2.75. The van der Waals surface area contributed by atoms with E-state index in [0.29, 0.717) is 5.56 Å². The molecular weight excluding hydrogens is 251 g/mol. The van der Waals surface area contributed by atoms with Crippen LogP contribution >= 0.6 is 11.3 Å². The second-order valence-electron chi connectivity index (χ2n) is 3.88. The number of aromatic nitrogens is 1. The lowest BCUT2D eigenvalue weighted by molar-refractivity contribution is 0.382. The standard InChI is InChI=1S/C13H15FN2OS/c1-8-16-10(7-18-8)13(15-2)9-5-4-6-11(17-3)12(9)14/h4-7,13,15H,1-3H3. The van der Waals surface area contributed by atoms with Crippen LogP contribution in [0.5, 0.6) is 5.75 Å². The van der Waals surface area contributed by atoms with E-state index in [9.17, 15) is 4.39 Å². The first-order valence-electron chi connectivity index (χ1n) is 5.59. The molecule has 1 N–H and O–H groups in total. The average molecular weight is 266 g/mol. The van der Waals surface area contributed by atoms with E-state index in [1.807, 2.05) is 12.3 Å². The molecule has 0 amide bonds. The smallest absolute Gasteiger partial charge is 0.170 e. The second-order valence-corrected chi connectivity index (χ2v) is 4.94. The molecule has 96 valence electrons. The van der Waals surface area contributed by atoms with Crippen molar-refractivity contribution in [2.45, 2.75) is 13.0 Å². The molecule has 1 heterocycles. The maximum atomic E-state index is 14.2. The molecule has 2 aromatic rings. The molecule has 3 nitrogen and oxygen atoms in total. The Morgan fingerprint density at radius 2 is 2.22 bits per heavy atom. The van der Waals surface area contributed by atoms with Crippen LogP contribution in [0.2, 0.25) is 0 Å². The van der Waals surface area contributed by atoms with Crippen molar-refractivity contribution in [3.05, 3.63) is 45.7 Å². The van der Waals surface area contributed by atoms with Crippen molar-refractivity contribution in [3.63, 3.8) is 0 Å². The molecule has 0 aliphatic carbocycles. The Bertz CT molecular complexity index is 542. The topological polar surface area (TPSA) is 34.2 Å². The van der Waals surface area contributed by atoms with Crippen molar-refractivity contribution in [2.75, 3.05) is 14.2 Å². The first-order valence-corrected chi connectivity index (χ1v) is 6.47. The highest BCUT2D eigenvalue weighted by atomic mass is 32.1. The zero-order valence-corrected chi connectivity index (χ0v) is 11.3. The maximum Gasteiger partial charge on any atom is 0.170 e. The van der Waals surface area contributed by atoms with E-state index in [1.54, 1.807) is 36.6 Å². The molecule has 0 bridgehead atoms. The number of hydrogen-bond acceptors (Lipinski definition) is 4. The number of ether oxygens (including phenoxy) is 1. The number of nitrogens with zero attached hydrogens (tertiary/aromatic N) is 1. The summed E-state index contributed by atoms with van der Waals surface area (Å²) in [6.07, 6.45) is 0. The van der Waals surface area contributed by atoms with Crippen molar-refractivity contribution >= 4 is 11.3 Å². The zero-order valence-electron chi connectivity index (χ0n) is 10.5. The predicted octanol–water partition coefficient (Wildman–Crippen LogP) is 2.91. The third kappa shape index (κ3) is 2.37. The number of methoxy groups -OCH3 is 1. The maximum absolute atomic E-state index is 14.2. The number of benzene rings is 1. The molecule has 1 atom stereocenters. The molecule has 0 aliphatic heterocycles. The van der Waals surface area contributed by atoms with Crippen molar-refractivity contribution in [3.8, 4) is 5.75 Å². The lowest BCUT2D eigenvalue weighted by Gasteiger charge is -2.16. The van der Waals surface area contributed by atoms with Gasteiger partial charge >= 0.3 is 0 Å². The summed E-state index contributed by atoms with van der Waals surface area (Å²) in [5.74, 6) is -0.0929. The Morgan fingerprint density at radius 3 is 2.78 bits per heavy atom. The van der Waals surface area contributed by atoms with Crippen LogP contribution in [-0.2, 0) is 0 Å². The number of aryl methyl sites for hydroxylation is 1. The van der Waals surface area contributed by atoms with Gasteiger partial charge < -0.3 is 10.1 Å². The minimum Gasteiger partial charge on any atom is -0.494 e. The number of hydrogen-bond donors (Lipinski definition) is 1. The van der Waals surface area contributed by atoms with Gasteiger partial charge in [0.05, 0.1) is 23.9 Å². The van der Waals surface area contributed by atoms with Gasteiger partial charge in [-0.3, -0.25) is 0 Å². The van der Waals surface area contributed by atoms with Gasteiger partial charge in [0.15, 0.2) is 11.6 Å². The predicted molar refractivity (Wildman–Crippen MR) is 70.7 cm³/mol. The van der Waals surface area contributed by atoms with Crippen LogP contribution in [0.3, 0.4) is 0 Å². The van der Waals surface area contributed by atoms with Gasteiger partial charge in [0.2, 0.25) is 0 Å². The van der Waals surface area contributed by atoms with E-state index in [-0.39, 0.29) is 17.6 Å². The van der Waals surface area contributed by atoms with Crippen LogP contribution in [0.4, 0.5) is 4.39 Å². The third-order valence-corrected chi connectivity index (χ3v) is 3.54. The van der Waals surface area contributed by atoms with Gasteiger partial charge in [-0.2, -0.15) is 0 Å². The van der Waals surface area contributed by atoms with Crippen LogP contribution in [0.1, 0.15) is 22.3 Å². The van der Waals surface area contributed by atoms with Gasteiger partial charge in [0.25, 0.3) is 0 Å². The quantitative estimate of drug-likeness (QED) is 0.924. The minimum absolute atomic E-state index is 0.250. The van der Waals surface area contributed by atoms with E-state index < -0.39 is 0 Å². The molecule has 0 spiro atoms. The summed E-state index contributed by atoms with van der Waals surface area (Å²) in [6, 6.07) is 4.87. The van der Waals surface area contributed by atoms with E-state index in [2.05, 4.69) is 10.3 Å². The lowest BCUT2D eigenvalue weighted by atomic mass is 10.0. The normalized spacial score (nSPS) is 12.4. The molecule has 1 aromatic carbocycles. The fraction of sp³-hybridized carbons (Fsp3) is 0.308. The van der Waals surface area contributed by atoms with E-state index in [4.69, 9.17) is 4.74 Å². The molecule has 2 rings (SSSR count). The molecule has 0 fully saturated rings. The SMILES string of the molecule is CNC(c1csc(C)n1)c1cccc(OC)c1F. The average Bonchev–Trinajstić information content (AvgIpc) is 2.79. The van der Waals surface area contributed by atoms with Crippen LogP contribution in [0, 0.1) is 12.7 Å². The first kappa shape index (κ1) is 13.0. The van der Waals surface area contributed by atoms with Crippen LogP contribution in [0.15, 0.2) is 23.6 Å².